The molecule has 5 heteroatoms. The summed E-state index contributed by atoms with van der Waals surface area (Å²) in [7, 11) is -6.72. The number of hydrogen-bond acceptors (Lipinski definition) is 2. The van der Waals surface area contributed by atoms with Crippen LogP contribution in [0.4, 0.5) is 0 Å². The third-order valence-electron chi connectivity index (χ3n) is 5.47. The molecule has 0 aliphatic rings. The summed E-state index contributed by atoms with van der Waals surface area (Å²) in [5.41, 5.74) is 0.635. The van der Waals surface area contributed by atoms with E-state index >= 15 is 0 Å². The zero-order valence-electron chi connectivity index (χ0n) is 17.0. The van der Waals surface area contributed by atoms with E-state index in [2.05, 4.69) is 32.6 Å². The van der Waals surface area contributed by atoms with Gasteiger partial charge in [-0.3, -0.25) is 4.55 Å². The van der Waals surface area contributed by atoms with Crippen LogP contribution in [0.2, 0.25) is 12.1 Å². The van der Waals surface area contributed by atoms with Crippen LogP contribution in [0, 0.1) is 0 Å². The fourth-order valence-corrected chi connectivity index (χ4v) is 11.4. The maximum atomic E-state index is 12.5. The second-order valence-electron chi connectivity index (χ2n) is 7.42. The molecule has 2 rings (SSSR count). The molecule has 0 aromatic heterocycles. The fourth-order valence-electron chi connectivity index (χ4n) is 4.14. The van der Waals surface area contributed by atoms with Crippen molar-refractivity contribution < 1.29 is 13.0 Å². The highest BCUT2D eigenvalue weighted by Gasteiger charge is 2.40. The molecule has 0 atom stereocenters. The van der Waals surface area contributed by atoms with Crippen molar-refractivity contribution in [1.29, 1.82) is 0 Å². The summed E-state index contributed by atoms with van der Waals surface area (Å²) in [6, 6.07) is 18.0. The molecule has 0 spiro atoms. The van der Waals surface area contributed by atoms with Crippen LogP contribution in [0.1, 0.15) is 45.1 Å². The van der Waals surface area contributed by atoms with Crippen molar-refractivity contribution in [3.8, 4) is 0 Å². The SMILES string of the molecule is C=CCc1cccc([Si](CCCC)(CCCC)c2ccccc2)c1S(=O)(=O)O. The highest BCUT2D eigenvalue weighted by atomic mass is 32.2. The molecule has 0 fully saturated rings. The Morgan fingerprint density at radius 3 is 2.07 bits per heavy atom. The van der Waals surface area contributed by atoms with Crippen molar-refractivity contribution in [3.63, 3.8) is 0 Å². The molecule has 0 unspecified atom stereocenters. The van der Waals surface area contributed by atoms with Gasteiger partial charge in [-0.05, 0) is 29.3 Å². The quantitative estimate of drug-likeness (QED) is 0.324. The third kappa shape index (κ3) is 5.02. The van der Waals surface area contributed by atoms with Gasteiger partial charge in [0, 0.05) is 0 Å². The van der Waals surface area contributed by atoms with E-state index in [0.717, 1.165) is 43.0 Å². The minimum atomic E-state index is -4.34. The lowest BCUT2D eigenvalue weighted by Gasteiger charge is -2.35. The van der Waals surface area contributed by atoms with E-state index in [-0.39, 0.29) is 4.90 Å². The van der Waals surface area contributed by atoms with E-state index in [0.29, 0.717) is 12.0 Å². The fraction of sp³-hybridized carbons (Fsp3) is 0.391. The molecule has 1 N–H and O–H groups in total. The molecule has 3 nitrogen and oxygen atoms in total. The second-order valence-corrected chi connectivity index (χ2v) is 13.1. The van der Waals surface area contributed by atoms with Crippen molar-refractivity contribution >= 4 is 28.6 Å². The number of benzene rings is 2. The molecule has 0 saturated carbocycles. The monoisotopic (exact) mass is 416 g/mol. The highest BCUT2D eigenvalue weighted by Crippen LogP contribution is 2.27. The van der Waals surface area contributed by atoms with Crippen LogP contribution in [0.15, 0.2) is 66.1 Å². The molecule has 0 amide bonds. The van der Waals surface area contributed by atoms with Crippen LogP contribution in [0.3, 0.4) is 0 Å². The Morgan fingerprint density at radius 1 is 0.964 bits per heavy atom. The van der Waals surface area contributed by atoms with Crippen molar-refractivity contribution in [2.45, 2.75) is 62.9 Å². The first kappa shape index (κ1) is 22.6. The van der Waals surface area contributed by atoms with Crippen LogP contribution in [0.25, 0.3) is 0 Å². The molecule has 28 heavy (non-hydrogen) atoms. The maximum absolute atomic E-state index is 12.5. The Hall–Kier alpha value is -1.69. The minimum Gasteiger partial charge on any atom is -0.282 e. The third-order valence-corrected chi connectivity index (χ3v) is 12.0. The van der Waals surface area contributed by atoms with E-state index in [1.54, 1.807) is 12.1 Å². The molecule has 152 valence electrons. The predicted octanol–water partition coefficient (Wildman–Crippen LogP) is 4.83. The van der Waals surface area contributed by atoms with Crippen molar-refractivity contribution in [2.24, 2.45) is 0 Å². The molecule has 0 aliphatic carbocycles. The summed E-state index contributed by atoms with van der Waals surface area (Å²) >= 11 is 0. The van der Waals surface area contributed by atoms with Gasteiger partial charge in [-0.25, -0.2) is 0 Å². The zero-order valence-corrected chi connectivity index (χ0v) is 18.8. The van der Waals surface area contributed by atoms with E-state index in [9.17, 15) is 13.0 Å². The molecule has 0 saturated heterocycles. The van der Waals surface area contributed by atoms with Gasteiger partial charge in [0.25, 0.3) is 10.1 Å². The topological polar surface area (TPSA) is 54.4 Å². The van der Waals surface area contributed by atoms with Crippen LogP contribution < -0.4 is 10.4 Å². The summed E-state index contributed by atoms with van der Waals surface area (Å²) in [6.07, 6.45) is 6.31. The van der Waals surface area contributed by atoms with Gasteiger partial charge in [-0.2, -0.15) is 8.42 Å². The Kier molecular flexibility index (Phi) is 8.22. The van der Waals surface area contributed by atoms with Gasteiger partial charge in [-0.1, -0.05) is 99.3 Å². The van der Waals surface area contributed by atoms with E-state index in [1.165, 1.54) is 5.19 Å². The van der Waals surface area contributed by atoms with Gasteiger partial charge in [0.15, 0.2) is 0 Å². The summed E-state index contributed by atoms with van der Waals surface area (Å²) < 4.78 is 35.2. The van der Waals surface area contributed by atoms with E-state index in [4.69, 9.17) is 0 Å². The Bertz CT molecular complexity index is 868. The summed E-state index contributed by atoms with van der Waals surface area (Å²) in [4.78, 5) is 0.123. The summed E-state index contributed by atoms with van der Waals surface area (Å²) in [6.45, 7) is 8.10. The van der Waals surface area contributed by atoms with Gasteiger partial charge in [-0.15, -0.1) is 6.58 Å². The first-order valence-electron chi connectivity index (χ1n) is 10.2. The summed E-state index contributed by atoms with van der Waals surface area (Å²) in [5, 5.41) is 2.10. The van der Waals surface area contributed by atoms with Gasteiger partial charge >= 0.3 is 0 Å². The Morgan fingerprint density at radius 2 is 1.57 bits per heavy atom. The normalized spacial score (nSPS) is 12.1. The number of hydrogen-bond donors (Lipinski definition) is 1. The molecule has 2 aromatic rings. The average Bonchev–Trinajstić information content (AvgIpc) is 2.68. The van der Waals surface area contributed by atoms with Crippen LogP contribution in [-0.2, 0) is 16.5 Å². The molecule has 0 heterocycles. The Labute approximate surface area is 171 Å². The van der Waals surface area contributed by atoms with Gasteiger partial charge < -0.3 is 0 Å². The molecule has 2 aromatic carbocycles. The van der Waals surface area contributed by atoms with Gasteiger partial charge in [0.05, 0.1) is 4.90 Å². The van der Waals surface area contributed by atoms with Crippen LogP contribution in [-0.4, -0.2) is 21.0 Å². The first-order valence-corrected chi connectivity index (χ1v) is 14.0. The summed E-state index contributed by atoms with van der Waals surface area (Å²) in [5.74, 6) is 0. The van der Waals surface area contributed by atoms with Gasteiger partial charge in [0.2, 0.25) is 0 Å². The maximum Gasteiger partial charge on any atom is 0.294 e. The molecular weight excluding hydrogens is 384 g/mol. The Balaban J connectivity index is 2.86. The molecule has 0 radical (unpaired) electrons. The van der Waals surface area contributed by atoms with Gasteiger partial charge in [0.1, 0.15) is 8.07 Å². The van der Waals surface area contributed by atoms with Crippen molar-refractivity contribution in [3.05, 3.63) is 66.7 Å². The number of allylic oxidation sites excluding steroid dienone is 1. The molecular formula is C23H32O3SSi. The van der Waals surface area contributed by atoms with Crippen LogP contribution >= 0.6 is 0 Å². The number of unbranched alkanes of at least 4 members (excludes halogenated alkanes) is 2. The zero-order chi connectivity index (χ0) is 20.6. The largest absolute Gasteiger partial charge is 0.294 e. The molecule has 0 bridgehead atoms. The smallest absolute Gasteiger partial charge is 0.282 e. The lowest BCUT2D eigenvalue weighted by atomic mass is 10.1. The van der Waals surface area contributed by atoms with Crippen LogP contribution in [0.5, 0.6) is 0 Å². The molecule has 0 aliphatic heterocycles. The second kappa shape index (κ2) is 10.2. The highest BCUT2D eigenvalue weighted by molar-refractivity contribution is 7.86. The van der Waals surface area contributed by atoms with Crippen molar-refractivity contribution in [1.82, 2.24) is 0 Å². The predicted molar refractivity (Wildman–Crippen MR) is 121 cm³/mol. The number of rotatable bonds is 11. The standard InChI is InChI=1S/C23H32O3SSi/c1-4-7-18-28(19-8-5-2,21-15-10-9-11-16-21)22-17-12-14-20(13-6-3)23(22)27(24,25)26/h6,9-12,14-17H,3-5,7-8,13,18-19H2,1-2H3,(H,24,25,26). The minimum absolute atomic E-state index is 0.123. The van der Waals surface area contributed by atoms with Crippen molar-refractivity contribution in [2.75, 3.05) is 0 Å². The average molecular weight is 417 g/mol. The lowest BCUT2D eigenvalue weighted by Crippen LogP contribution is -2.59. The lowest BCUT2D eigenvalue weighted by molar-refractivity contribution is 0.483. The first-order chi connectivity index (χ1) is 13.4. The van der Waals surface area contributed by atoms with E-state index in [1.807, 2.05) is 30.3 Å². The van der Waals surface area contributed by atoms with E-state index < -0.39 is 18.2 Å².